The molecule has 1 atom stereocenters. The number of carbonyl (C=O) groups excluding carboxylic acids is 2. The molecule has 6 heterocycles. The molecule has 12 nitrogen and oxygen atoms in total. The number of rotatable bonds is 6. The maximum atomic E-state index is 14.3. The van der Waals surface area contributed by atoms with Crippen molar-refractivity contribution in [1.29, 1.82) is 0 Å². The molecular formula is C31H35FN8O4S. The van der Waals surface area contributed by atoms with Crippen LogP contribution in [0.5, 0.6) is 5.75 Å². The largest absolute Gasteiger partial charge is 0.488 e. The van der Waals surface area contributed by atoms with E-state index in [0.29, 0.717) is 47.0 Å². The van der Waals surface area contributed by atoms with E-state index in [1.807, 2.05) is 12.1 Å². The number of methoxy groups -OCH3 is 1. The summed E-state index contributed by atoms with van der Waals surface area (Å²) < 4.78 is 28.2. The van der Waals surface area contributed by atoms with Crippen LogP contribution in [-0.2, 0) is 4.74 Å². The molecular weight excluding hydrogens is 599 g/mol. The molecule has 3 aliphatic heterocycles. The minimum Gasteiger partial charge on any atom is -0.488 e. The third-order valence-electron chi connectivity index (χ3n) is 8.72. The summed E-state index contributed by atoms with van der Waals surface area (Å²) in [7, 11) is 1.37. The highest BCUT2D eigenvalue weighted by Crippen LogP contribution is 2.40. The molecule has 3 aromatic heterocycles. The molecule has 2 saturated heterocycles. The molecule has 14 heteroatoms. The van der Waals surface area contributed by atoms with Gasteiger partial charge in [0.25, 0.3) is 5.91 Å². The second kappa shape index (κ2) is 12.2. The van der Waals surface area contributed by atoms with Gasteiger partial charge in [-0.1, -0.05) is 6.08 Å². The van der Waals surface area contributed by atoms with Crippen molar-refractivity contribution in [2.24, 2.45) is 0 Å². The molecule has 236 valence electrons. The lowest BCUT2D eigenvalue weighted by Gasteiger charge is -2.34. The smallest absolute Gasteiger partial charge is 0.410 e. The number of thiophene rings is 1. The summed E-state index contributed by atoms with van der Waals surface area (Å²) in [6, 6.07) is 6.45. The highest BCUT2D eigenvalue weighted by Gasteiger charge is 2.31. The maximum absolute atomic E-state index is 14.3. The quantitative estimate of drug-likeness (QED) is 0.290. The van der Waals surface area contributed by atoms with Crippen LogP contribution in [-0.4, -0.2) is 90.0 Å². The number of halogens is 1. The molecule has 0 unspecified atom stereocenters. The molecule has 0 radical (unpaired) electrons. The van der Waals surface area contributed by atoms with E-state index in [1.54, 1.807) is 15.5 Å². The van der Waals surface area contributed by atoms with Crippen molar-refractivity contribution in [1.82, 2.24) is 30.1 Å². The van der Waals surface area contributed by atoms with E-state index in [0.717, 1.165) is 67.0 Å². The van der Waals surface area contributed by atoms with Gasteiger partial charge in [-0.25, -0.2) is 18.7 Å². The number of hydrogen-bond donors (Lipinski definition) is 3. The van der Waals surface area contributed by atoms with Gasteiger partial charge in [0.15, 0.2) is 11.6 Å². The van der Waals surface area contributed by atoms with Crippen LogP contribution in [0.25, 0.3) is 21.2 Å². The van der Waals surface area contributed by atoms with Gasteiger partial charge in [0.1, 0.15) is 28.6 Å². The van der Waals surface area contributed by atoms with E-state index < -0.39 is 0 Å². The molecule has 4 aromatic rings. The Kier molecular flexibility index (Phi) is 7.92. The number of nitrogens with one attached hydrogen (secondary N) is 2. The summed E-state index contributed by atoms with van der Waals surface area (Å²) in [5.41, 5.74) is 9.70. The molecule has 0 aliphatic carbocycles. The zero-order valence-electron chi connectivity index (χ0n) is 24.9. The van der Waals surface area contributed by atoms with Gasteiger partial charge in [-0.05, 0) is 68.6 Å². The van der Waals surface area contributed by atoms with Gasteiger partial charge in [0, 0.05) is 35.8 Å². The number of hydrogen-bond acceptors (Lipinski definition) is 10. The highest BCUT2D eigenvalue weighted by molar-refractivity contribution is 7.21. The number of aromatic nitrogens is 3. The molecule has 45 heavy (non-hydrogen) atoms. The van der Waals surface area contributed by atoms with E-state index >= 15 is 0 Å². The van der Waals surface area contributed by atoms with Gasteiger partial charge in [-0.15, -0.1) is 11.3 Å². The molecule has 7 rings (SSSR count). The van der Waals surface area contributed by atoms with Gasteiger partial charge >= 0.3 is 6.09 Å². The van der Waals surface area contributed by atoms with Crippen LogP contribution in [0.3, 0.4) is 0 Å². The summed E-state index contributed by atoms with van der Waals surface area (Å²) in [4.78, 5) is 34.5. The Balaban J connectivity index is 1.14. The summed E-state index contributed by atoms with van der Waals surface area (Å²) in [6.45, 7) is 3.83. The van der Waals surface area contributed by atoms with Crippen LogP contribution in [0.2, 0.25) is 0 Å². The third kappa shape index (κ3) is 5.63. The van der Waals surface area contributed by atoms with E-state index in [1.165, 1.54) is 36.9 Å². The maximum Gasteiger partial charge on any atom is 0.410 e. The minimum absolute atomic E-state index is 0.0382. The van der Waals surface area contributed by atoms with E-state index in [2.05, 4.69) is 25.6 Å². The van der Waals surface area contributed by atoms with Crippen LogP contribution in [0.15, 0.2) is 36.7 Å². The molecule has 4 N–H and O–H groups in total. The van der Waals surface area contributed by atoms with E-state index in [-0.39, 0.29) is 30.0 Å². The number of carbonyl (C=O) groups is 2. The fourth-order valence-corrected chi connectivity index (χ4v) is 7.51. The second-order valence-electron chi connectivity index (χ2n) is 11.6. The molecule has 0 saturated carbocycles. The van der Waals surface area contributed by atoms with Crippen molar-refractivity contribution >= 4 is 56.0 Å². The van der Waals surface area contributed by atoms with Crippen LogP contribution < -0.4 is 26.0 Å². The van der Waals surface area contributed by atoms with Crippen molar-refractivity contribution in [3.63, 3.8) is 0 Å². The number of nitrogen functional groups attached to an aromatic ring is 1. The molecule has 3 aliphatic rings. The van der Waals surface area contributed by atoms with Crippen molar-refractivity contribution < 1.29 is 23.5 Å². The number of benzene rings is 1. The van der Waals surface area contributed by atoms with Crippen LogP contribution in [0.4, 0.5) is 20.7 Å². The van der Waals surface area contributed by atoms with Crippen molar-refractivity contribution in [3.8, 4) is 5.75 Å². The molecule has 1 aromatic carbocycles. The average Bonchev–Trinajstić information content (AvgIpc) is 3.78. The van der Waals surface area contributed by atoms with Gasteiger partial charge in [0.05, 0.1) is 25.0 Å². The molecule has 0 bridgehead atoms. The zero-order chi connectivity index (χ0) is 31.1. The Morgan fingerprint density at radius 3 is 2.87 bits per heavy atom. The molecule has 2 amide bonds. The first-order valence-corrected chi connectivity index (χ1v) is 16.0. The van der Waals surface area contributed by atoms with Crippen LogP contribution in [0.1, 0.15) is 41.0 Å². The van der Waals surface area contributed by atoms with E-state index in [4.69, 9.17) is 15.2 Å². The van der Waals surface area contributed by atoms with Gasteiger partial charge in [0.2, 0.25) is 0 Å². The minimum atomic E-state index is -0.390. The van der Waals surface area contributed by atoms with Crippen molar-refractivity contribution in [2.45, 2.75) is 37.8 Å². The first-order valence-electron chi connectivity index (χ1n) is 15.2. The van der Waals surface area contributed by atoms with Crippen LogP contribution >= 0.6 is 11.3 Å². The van der Waals surface area contributed by atoms with Crippen molar-refractivity contribution in [3.05, 3.63) is 53.1 Å². The third-order valence-corrected chi connectivity index (χ3v) is 9.87. The Labute approximate surface area is 263 Å². The first-order chi connectivity index (χ1) is 21.9. The first kappa shape index (κ1) is 29.3. The number of piperidine rings is 2. The number of ether oxygens (including phenoxy) is 2. The summed E-state index contributed by atoms with van der Waals surface area (Å²) in [5.74, 6) is 0.222. The standard InChI is InChI=1S/C31H35FN8O4S/c1-43-31(42)39-12-8-18(15-39)23-14-24(26-29(33)35-17-36-40(23)26)38-11-2-3-20(16-38)37-30(41)28-27(44-21-6-9-34-10-7-21)22-13-19(32)4-5-25(22)45-28/h4-5,8,13-14,17,20-21,34H,2-3,6-7,9-12,15-16H2,1H3,(H,37,41)(H2,33,35,36)/t20-/m1/s1. The Morgan fingerprint density at radius 1 is 1.20 bits per heavy atom. The lowest BCUT2D eigenvalue weighted by atomic mass is 10.0. The van der Waals surface area contributed by atoms with Crippen LogP contribution in [0, 0.1) is 5.82 Å². The summed E-state index contributed by atoms with van der Waals surface area (Å²) >= 11 is 1.33. The lowest BCUT2D eigenvalue weighted by Crippen LogP contribution is -2.47. The van der Waals surface area contributed by atoms with Gasteiger partial charge < -0.3 is 35.6 Å². The van der Waals surface area contributed by atoms with Gasteiger partial charge in [-0.3, -0.25) is 4.79 Å². The Bertz CT molecular complexity index is 1800. The number of nitrogens with two attached hydrogens (primary N) is 1. The lowest BCUT2D eigenvalue weighted by molar-refractivity contribution is 0.0928. The fourth-order valence-electron chi connectivity index (χ4n) is 6.49. The Hall–Kier alpha value is -4.43. The summed E-state index contributed by atoms with van der Waals surface area (Å²) in [6.07, 6.45) is 6.27. The SMILES string of the molecule is COC(=O)N1CC=C(c2cc(N3CCC[C@@H](NC(=O)c4sc5ccc(F)cc5c4OC4CCNCC4)C3)c3c(N)ncnn23)C1. The number of amides is 2. The molecule has 0 spiro atoms. The normalized spacial score (nSPS) is 19.2. The number of nitrogens with zero attached hydrogens (tertiary/aromatic N) is 5. The molecule has 2 fully saturated rings. The predicted octanol–water partition coefficient (Wildman–Crippen LogP) is 3.66. The zero-order valence-corrected chi connectivity index (χ0v) is 25.7. The number of fused-ring (bicyclic) bond motifs is 2. The highest BCUT2D eigenvalue weighted by atomic mass is 32.1. The predicted molar refractivity (Wildman–Crippen MR) is 170 cm³/mol. The van der Waals surface area contributed by atoms with Crippen molar-refractivity contribution in [2.75, 3.05) is 57.0 Å². The average molecular weight is 635 g/mol. The monoisotopic (exact) mass is 634 g/mol. The number of anilines is 2. The topological polar surface area (TPSA) is 139 Å². The van der Waals surface area contributed by atoms with Gasteiger partial charge in [-0.2, -0.15) is 5.10 Å². The summed E-state index contributed by atoms with van der Waals surface area (Å²) in [5, 5.41) is 11.7. The Morgan fingerprint density at radius 2 is 2.04 bits per heavy atom. The second-order valence-corrected chi connectivity index (χ2v) is 12.7. The van der Waals surface area contributed by atoms with E-state index in [9.17, 15) is 14.0 Å². The fraction of sp³-hybridized carbons (Fsp3) is 0.419.